The summed E-state index contributed by atoms with van der Waals surface area (Å²) in [7, 11) is -3.84. The van der Waals surface area contributed by atoms with E-state index < -0.39 is 21.8 Å². The Balaban J connectivity index is 1.88. The molecule has 38 heavy (non-hydrogen) atoms. The summed E-state index contributed by atoms with van der Waals surface area (Å²) in [5.41, 5.74) is 2.94. The van der Waals surface area contributed by atoms with E-state index in [1.807, 2.05) is 66.7 Å². The number of aromatic nitrogens is 1. The van der Waals surface area contributed by atoms with Crippen molar-refractivity contribution in [3.8, 4) is 22.4 Å². The van der Waals surface area contributed by atoms with Gasteiger partial charge in [-0.25, -0.2) is 13.4 Å². The third-order valence-corrected chi connectivity index (χ3v) is 7.34. The van der Waals surface area contributed by atoms with E-state index in [1.54, 1.807) is 18.2 Å². The molecule has 8 heteroatoms. The Kier molecular flexibility index (Phi) is 6.67. The van der Waals surface area contributed by atoms with Crippen molar-refractivity contribution < 1.29 is 21.6 Å². The number of hydrogen-bond donors (Lipinski definition) is 0. The van der Waals surface area contributed by atoms with Crippen LogP contribution in [0.2, 0.25) is 0 Å². The Morgan fingerprint density at radius 2 is 1.32 bits per heavy atom. The maximum Gasteiger partial charge on any atom is 0.416 e. The lowest BCUT2D eigenvalue weighted by Gasteiger charge is -2.28. The van der Waals surface area contributed by atoms with Crippen LogP contribution in [0.1, 0.15) is 11.1 Å². The van der Waals surface area contributed by atoms with Gasteiger partial charge in [-0.3, -0.25) is 4.31 Å². The van der Waals surface area contributed by atoms with Crippen molar-refractivity contribution in [1.82, 2.24) is 4.98 Å². The molecule has 0 radical (unpaired) electrons. The molecule has 0 aliphatic heterocycles. The van der Waals surface area contributed by atoms with Crippen LogP contribution in [-0.4, -0.2) is 19.7 Å². The molecule has 0 saturated carbocycles. The summed E-state index contributed by atoms with van der Waals surface area (Å²) < 4.78 is 68.2. The van der Waals surface area contributed by atoms with E-state index in [0.29, 0.717) is 39.0 Å². The molecule has 0 N–H and O–H groups in total. The highest BCUT2D eigenvalue weighted by atomic mass is 32.2. The first kappa shape index (κ1) is 25.5. The van der Waals surface area contributed by atoms with Gasteiger partial charge in [-0.1, -0.05) is 91.0 Å². The zero-order valence-electron chi connectivity index (χ0n) is 20.4. The van der Waals surface area contributed by atoms with Crippen LogP contribution in [0.5, 0.6) is 0 Å². The number of halogens is 3. The molecule has 0 saturated heterocycles. The number of pyridine rings is 1. The molecule has 0 spiro atoms. The maximum atomic E-state index is 13.4. The van der Waals surface area contributed by atoms with E-state index in [9.17, 15) is 21.6 Å². The minimum atomic E-state index is -4.50. The molecule has 0 aliphatic rings. The molecular formula is C30H23F3N2O2S. The van der Waals surface area contributed by atoms with Crippen molar-refractivity contribution >= 4 is 26.6 Å². The fourth-order valence-corrected chi connectivity index (χ4v) is 5.37. The molecule has 0 atom stereocenters. The number of nitrogens with zero attached hydrogens (tertiary/aromatic N) is 2. The molecule has 0 aliphatic carbocycles. The molecule has 0 fully saturated rings. The SMILES string of the molecule is CS(=O)(=O)N(Cc1ccccc1)c1c(-c2ccc(C(F)(F)F)cc2)c(-c2ccccc2)nc2ccccc12. The second-order valence-corrected chi connectivity index (χ2v) is 10.8. The standard InChI is InChI=1S/C30H23F3N2O2S/c1-38(36,37)35(20-21-10-4-2-5-11-21)29-25-14-8-9-15-26(25)34-28(23-12-6-3-7-13-23)27(29)22-16-18-24(19-17-22)30(31,32)33/h2-19H,20H2,1H3. The minimum absolute atomic E-state index is 0.0372. The first-order valence-electron chi connectivity index (χ1n) is 11.8. The molecule has 0 amide bonds. The van der Waals surface area contributed by atoms with Gasteiger partial charge in [0.1, 0.15) is 0 Å². The number of benzene rings is 4. The third-order valence-electron chi connectivity index (χ3n) is 6.23. The van der Waals surface area contributed by atoms with Gasteiger partial charge >= 0.3 is 6.18 Å². The fraction of sp³-hybridized carbons (Fsp3) is 0.100. The molecule has 4 aromatic carbocycles. The van der Waals surface area contributed by atoms with Gasteiger partial charge in [0, 0.05) is 16.5 Å². The molecule has 5 aromatic rings. The van der Waals surface area contributed by atoms with Crippen LogP contribution in [0.25, 0.3) is 33.3 Å². The van der Waals surface area contributed by atoms with Gasteiger partial charge in [0.25, 0.3) is 0 Å². The number of sulfonamides is 1. The number of hydrogen-bond acceptors (Lipinski definition) is 3. The van der Waals surface area contributed by atoms with E-state index >= 15 is 0 Å². The van der Waals surface area contributed by atoms with E-state index in [0.717, 1.165) is 24.0 Å². The van der Waals surface area contributed by atoms with Crippen LogP contribution in [-0.2, 0) is 22.7 Å². The number of para-hydroxylation sites is 1. The summed E-state index contributed by atoms with van der Waals surface area (Å²) in [5, 5.41) is 0.573. The van der Waals surface area contributed by atoms with Crippen molar-refractivity contribution in [2.45, 2.75) is 12.7 Å². The van der Waals surface area contributed by atoms with E-state index in [4.69, 9.17) is 4.98 Å². The highest BCUT2D eigenvalue weighted by molar-refractivity contribution is 7.92. The van der Waals surface area contributed by atoms with Crippen molar-refractivity contribution in [2.24, 2.45) is 0 Å². The summed E-state index contributed by atoms with van der Waals surface area (Å²) in [4.78, 5) is 4.88. The number of rotatable bonds is 6. The highest BCUT2D eigenvalue weighted by Crippen LogP contribution is 2.45. The second-order valence-electron chi connectivity index (χ2n) is 8.90. The van der Waals surface area contributed by atoms with Crippen LogP contribution < -0.4 is 4.31 Å². The third kappa shape index (κ3) is 5.13. The first-order valence-corrected chi connectivity index (χ1v) is 13.7. The zero-order valence-corrected chi connectivity index (χ0v) is 21.2. The molecule has 1 aromatic heterocycles. The van der Waals surface area contributed by atoms with Crippen LogP contribution >= 0.6 is 0 Å². The summed E-state index contributed by atoms with van der Waals surface area (Å²) in [6, 6.07) is 30.3. The quantitative estimate of drug-likeness (QED) is 0.227. The lowest BCUT2D eigenvalue weighted by atomic mass is 9.94. The first-order chi connectivity index (χ1) is 18.1. The monoisotopic (exact) mass is 532 g/mol. The van der Waals surface area contributed by atoms with Gasteiger partial charge in [0.2, 0.25) is 10.0 Å². The topological polar surface area (TPSA) is 50.3 Å². The average molecular weight is 533 g/mol. The molecule has 0 unspecified atom stereocenters. The zero-order chi connectivity index (χ0) is 26.9. The summed E-state index contributed by atoms with van der Waals surface area (Å²) in [6.45, 7) is 0.0372. The number of alkyl halides is 3. The van der Waals surface area contributed by atoms with Gasteiger partial charge in [-0.05, 0) is 29.3 Å². The minimum Gasteiger partial charge on any atom is -0.265 e. The Hall–Kier alpha value is -4.17. The van der Waals surface area contributed by atoms with Gasteiger partial charge in [0.15, 0.2) is 0 Å². The summed E-state index contributed by atoms with van der Waals surface area (Å²) in [6.07, 6.45) is -3.37. The van der Waals surface area contributed by atoms with Crippen LogP contribution in [0.4, 0.5) is 18.9 Å². The van der Waals surface area contributed by atoms with Crippen LogP contribution in [0.3, 0.4) is 0 Å². The second kappa shape index (κ2) is 9.95. The van der Waals surface area contributed by atoms with Gasteiger partial charge in [-0.15, -0.1) is 0 Å². The lowest BCUT2D eigenvalue weighted by Crippen LogP contribution is -2.30. The normalized spacial score (nSPS) is 12.0. The van der Waals surface area contributed by atoms with Crippen LogP contribution in [0.15, 0.2) is 109 Å². The van der Waals surface area contributed by atoms with Crippen molar-refractivity contribution in [3.63, 3.8) is 0 Å². The predicted octanol–water partition coefficient (Wildman–Crippen LogP) is 7.55. The Bertz CT molecular complexity index is 1690. The summed E-state index contributed by atoms with van der Waals surface area (Å²) >= 11 is 0. The summed E-state index contributed by atoms with van der Waals surface area (Å²) in [5.74, 6) is 0. The highest BCUT2D eigenvalue weighted by Gasteiger charge is 2.31. The fourth-order valence-electron chi connectivity index (χ4n) is 4.47. The van der Waals surface area contributed by atoms with E-state index in [-0.39, 0.29) is 6.54 Å². The Labute approximate surface area is 219 Å². The maximum absolute atomic E-state index is 13.4. The van der Waals surface area contributed by atoms with Crippen molar-refractivity contribution in [3.05, 3.63) is 120 Å². The molecule has 192 valence electrons. The average Bonchev–Trinajstić information content (AvgIpc) is 2.91. The predicted molar refractivity (Wildman–Crippen MR) is 145 cm³/mol. The molecule has 1 heterocycles. The smallest absolute Gasteiger partial charge is 0.265 e. The van der Waals surface area contributed by atoms with Gasteiger partial charge < -0.3 is 0 Å². The largest absolute Gasteiger partial charge is 0.416 e. The lowest BCUT2D eigenvalue weighted by molar-refractivity contribution is -0.137. The van der Waals surface area contributed by atoms with E-state index in [2.05, 4.69) is 0 Å². The molecule has 4 nitrogen and oxygen atoms in total. The van der Waals surface area contributed by atoms with Crippen molar-refractivity contribution in [2.75, 3.05) is 10.6 Å². The Morgan fingerprint density at radius 3 is 1.92 bits per heavy atom. The number of fused-ring (bicyclic) bond motifs is 1. The van der Waals surface area contributed by atoms with Crippen molar-refractivity contribution in [1.29, 1.82) is 0 Å². The molecule has 5 rings (SSSR count). The van der Waals surface area contributed by atoms with Gasteiger partial charge in [-0.2, -0.15) is 13.2 Å². The number of anilines is 1. The Morgan fingerprint density at radius 1 is 0.737 bits per heavy atom. The molecular weight excluding hydrogens is 509 g/mol. The molecule has 0 bridgehead atoms. The van der Waals surface area contributed by atoms with Gasteiger partial charge in [0.05, 0.1) is 35.3 Å². The van der Waals surface area contributed by atoms with Crippen LogP contribution in [0, 0.1) is 0 Å². The van der Waals surface area contributed by atoms with E-state index in [1.165, 1.54) is 16.4 Å².